The summed E-state index contributed by atoms with van der Waals surface area (Å²) >= 11 is 0. The maximum atomic E-state index is 4.73. The van der Waals surface area contributed by atoms with Crippen LogP contribution in [0.3, 0.4) is 0 Å². The van der Waals surface area contributed by atoms with Gasteiger partial charge >= 0.3 is 0 Å². The molecule has 0 aliphatic heterocycles. The van der Waals surface area contributed by atoms with Crippen molar-refractivity contribution >= 4 is 0 Å². The van der Waals surface area contributed by atoms with Crippen LogP contribution in [0.1, 0.15) is 96.5 Å². The van der Waals surface area contributed by atoms with Crippen molar-refractivity contribution in [2.75, 3.05) is 0 Å². The molecule has 0 bridgehead atoms. The molecule has 0 spiro atoms. The van der Waals surface area contributed by atoms with Crippen LogP contribution in [0.4, 0.5) is 0 Å². The number of aromatic nitrogens is 2. The molecule has 2 nitrogen and oxygen atoms in total. The molecule has 0 saturated carbocycles. The second-order valence-electron chi connectivity index (χ2n) is 6.70. The number of unbranched alkanes of at least 4 members (excludes halogenated alkanes) is 6. The molecule has 0 aliphatic carbocycles. The first-order valence-corrected chi connectivity index (χ1v) is 8.92. The fourth-order valence-corrected chi connectivity index (χ4v) is 2.97. The molecule has 1 rings (SSSR count). The Bertz CT molecular complexity index is 389. The highest BCUT2D eigenvalue weighted by Crippen LogP contribution is 2.33. The summed E-state index contributed by atoms with van der Waals surface area (Å²) in [6.07, 6.45) is 15.0. The SMILES string of the molecule is CCCCCCCC(C)(CCCCC)c1nccc(C)n1. The molecule has 21 heavy (non-hydrogen) atoms. The summed E-state index contributed by atoms with van der Waals surface area (Å²) in [5.41, 5.74) is 1.25. The zero-order chi connectivity index (χ0) is 15.6. The van der Waals surface area contributed by atoms with Gasteiger partial charge in [-0.1, -0.05) is 72.1 Å². The van der Waals surface area contributed by atoms with E-state index >= 15 is 0 Å². The summed E-state index contributed by atoms with van der Waals surface area (Å²) in [6, 6.07) is 2.00. The van der Waals surface area contributed by atoms with Crippen molar-refractivity contribution in [2.24, 2.45) is 0 Å². The van der Waals surface area contributed by atoms with E-state index in [2.05, 4.69) is 32.7 Å². The first kappa shape index (κ1) is 18.1. The van der Waals surface area contributed by atoms with Gasteiger partial charge in [0.05, 0.1) is 0 Å². The van der Waals surface area contributed by atoms with Crippen LogP contribution in [0.2, 0.25) is 0 Å². The standard InChI is InChI=1S/C19H34N2/c1-5-7-9-10-12-15-19(4,14-11-8-6-2)18-20-16-13-17(3)21-18/h13,16H,5-12,14-15H2,1-4H3. The third-order valence-corrected chi connectivity index (χ3v) is 4.50. The van der Waals surface area contributed by atoms with Gasteiger partial charge < -0.3 is 0 Å². The number of hydrogen-bond donors (Lipinski definition) is 0. The predicted octanol–water partition coefficient (Wildman–Crippen LogP) is 5.98. The molecule has 1 aromatic rings. The number of nitrogens with zero attached hydrogens (tertiary/aromatic N) is 2. The van der Waals surface area contributed by atoms with E-state index < -0.39 is 0 Å². The second-order valence-corrected chi connectivity index (χ2v) is 6.70. The van der Waals surface area contributed by atoms with Gasteiger partial charge in [-0.15, -0.1) is 0 Å². The molecule has 0 amide bonds. The minimum Gasteiger partial charge on any atom is -0.241 e. The second kappa shape index (κ2) is 9.92. The van der Waals surface area contributed by atoms with Crippen molar-refractivity contribution in [1.82, 2.24) is 9.97 Å². The summed E-state index contributed by atoms with van der Waals surface area (Å²) in [5.74, 6) is 1.06. The van der Waals surface area contributed by atoms with Gasteiger partial charge in [-0.25, -0.2) is 9.97 Å². The average Bonchev–Trinajstić information content (AvgIpc) is 2.47. The molecular formula is C19H34N2. The third kappa shape index (κ3) is 6.58. The van der Waals surface area contributed by atoms with Gasteiger partial charge in [0, 0.05) is 17.3 Å². The van der Waals surface area contributed by atoms with Crippen LogP contribution in [0, 0.1) is 6.92 Å². The minimum atomic E-state index is 0.160. The van der Waals surface area contributed by atoms with Crippen molar-refractivity contribution in [3.05, 3.63) is 23.8 Å². The third-order valence-electron chi connectivity index (χ3n) is 4.50. The molecule has 0 aromatic carbocycles. The number of rotatable bonds is 11. The van der Waals surface area contributed by atoms with Crippen LogP contribution in [-0.2, 0) is 5.41 Å². The summed E-state index contributed by atoms with van der Waals surface area (Å²) < 4.78 is 0. The lowest BCUT2D eigenvalue weighted by atomic mass is 9.79. The highest BCUT2D eigenvalue weighted by Gasteiger charge is 2.28. The molecular weight excluding hydrogens is 256 g/mol. The molecule has 1 atom stereocenters. The van der Waals surface area contributed by atoms with Crippen LogP contribution in [0.25, 0.3) is 0 Å². The zero-order valence-electron chi connectivity index (χ0n) is 14.6. The smallest absolute Gasteiger partial charge is 0.134 e. The van der Waals surface area contributed by atoms with Gasteiger partial charge in [0.2, 0.25) is 0 Å². The lowest BCUT2D eigenvalue weighted by Gasteiger charge is -2.28. The van der Waals surface area contributed by atoms with Gasteiger partial charge in [-0.05, 0) is 25.8 Å². The van der Waals surface area contributed by atoms with Crippen LogP contribution < -0.4 is 0 Å². The highest BCUT2D eigenvalue weighted by molar-refractivity contribution is 5.09. The van der Waals surface area contributed by atoms with Crippen molar-refractivity contribution in [3.8, 4) is 0 Å². The molecule has 1 heterocycles. The Morgan fingerprint density at radius 3 is 2.10 bits per heavy atom. The Balaban J connectivity index is 2.65. The van der Waals surface area contributed by atoms with E-state index in [0.29, 0.717) is 0 Å². The molecule has 0 radical (unpaired) electrons. The lowest BCUT2D eigenvalue weighted by Crippen LogP contribution is -2.25. The Hall–Kier alpha value is -0.920. The molecule has 1 unspecified atom stereocenters. The van der Waals surface area contributed by atoms with Crippen molar-refractivity contribution in [1.29, 1.82) is 0 Å². The molecule has 0 fully saturated rings. The average molecular weight is 290 g/mol. The number of aryl methyl sites for hydroxylation is 1. The first-order chi connectivity index (χ1) is 10.1. The van der Waals surface area contributed by atoms with Gasteiger partial charge in [0.15, 0.2) is 0 Å². The van der Waals surface area contributed by atoms with E-state index in [1.54, 1.807) is 0 Å². The summed E-state index contributed by atoms with van der Waals surface area (Å²) in [6.45, 7) is 8.98. The number of hydrogen-bond acceptors (Lipinski definition) is 2. The maximum Gasteiger partial charge on any atom is 0.134 e. The molecule has 0 saturated heterocycles. The first-order valence-electron chi connectivity index (χ1n) is 8.92. The summed E-state index contributed by atoms with van der Waals surface area (Å²) in [5, 5.41) is 0. The molecule has 1 aromatic heterocycles. The van der Waals surface area contributed by atoms with Gasteiger partial charge in [0.1, 0.15) is 5.82 Å². The largest absolute Gasteiger partial charge is 0.241 e. The molecule has 0 aliphatic rings. The molecule has 2 heteroatoms. The summed E-state index contributed by atoms with van der Waals surface area (Å²) in [7, 11) is 0. The van der Waals surface area contributed by atoms with Gasteiger partial charge in [-0.3, -0.25) is 0 Å². The van der Waals surface area contributed by atoms with Crippen molar-refractivity contribution < 1.29 is 0 Å². The van der Waals surface area contributed by atoms with E-state index in [4.69, 9.17) is 4.98 Å². The van der Waals surface area contributed by atoms with Crippen molar-refractivity contribution in [3.63, 3.8) is 0 Å². The monoisotopic (exact) mass is 290 g/mol. The van der Waals surface area contributed by atoms with Crippen LogP contribution >= 0.6 is 0 Å². The Morgan fingerprint density at radius 2 is 1.48 bits per heavy atom. The van der Waals surface area contributed by atoms with Crippen LogP contribution in [-0.4, -0.2) is 9.97 Å². The fraction of sp³-hybridized carbons (Fsp3) is 0.789. The van der Waals surface area contributed by atoms with Crippen LogP contribution in [0.15, 0.2) is 12.3 Å². The normalized spacial score (nSPS) is 14.1. The Labute approximate surface area is 131 Å². The van der Waals surface area contributed by atoms with E-state index in [0.717, 1.165) is 11.5 Å². The highest BCUT2D eigenvalue weighted by atomic mass is 14.9. The minimum absolute atomic E-state index is 0.160. The topological polar surface area (TPSA) is 25.8 Å². The van der Waals surface area contributed by atoms with Crippen molar-refractivity contribution in [2.45, 2.75) is 97.3 Å². The van der Waals surface area contributed by atoms with Gasteiger partial charge in [0.25, 0.3) is 0 Å². The van der Waals surface area contributed by atoms with E-state index in [1.807, 2.05) is 12.3 Å². The van der Waals surface area contributed by atoms with Gasteiger partial charge in [-0.2, -0.15) is 0 Å². The Kier molecular flexibility index (Phi) is 8.56. The Morgan fingerprint density at radius 1 is 0.905 bits per heavy atom. The molecule has 120 valence electrons. The predicted molar refractivity (Wildman–Crippen MR) is 91.6 cm³/mol. The van der Waals surface area contributed by atoms with E-state index in [9.17, 15) is 0 Å². The zero-order valence-corrected chi connectivity index (χ0v) is 14.6. The molecule has 0 N–H and O–H groups in total. The van der Waals surface area contributed by atoms with E-state index in [-0.39, 0.29) is 5.41 Å². The fourth-order valence-electron chi connectivity index (χ4n) is 2.97. The maximum absolute atomic E-state index is 4.73. The van der Waals surface area contributed by atoms with E-state index in [1.165, 1.54) is 64.2 Å². The quantitative estimate of drug-likeness (QED) is 0.468. The summed E-state index contributed by atoms with van der Waals surface area (Å²) in [4.78, 5) is 9.32. The van der Waals surface area contributed by atoms with Crippen LogP contribution in [0.5, 0.6) is 0 Å². The lowest BCUT2D eigenvalue weighted by molar-refractivity contribution is 0.346.